The van der Waals surface area contributed by atoms with Crippen LogP contribution >= 0.6 is 0 Å². The number of likely N-dealkylation sites (tertiary alicyclic amines) is 1. The highest BCUT2D eigenvalue weighted by Gasteiger charge is 2.27. The number of nitrogens with zero attached hydrogens (tertiary/aromatic N) is 1. The summed E-state index contributed by atoms with van der Waals surface area (Å²) in [6, 6.07) is 0.0138. The molecule has 5 heteroatoms. The Bertz CT molecular complexity index is 265. The second-order valence-electron chi connectivity index (χ2n) is 3.34. The molecule has 0 aromatic carbocycles. The highest BCUT2D eigenvalue weighted by molar-refractivity contribution is 5.87. The summed E-state index contributed by atoms with van der Waals surface area (Å²) < 4.78 is 4.86. The minimum absolute atomic E-state index is 0.0138. The van der Waals surface area contributed by atoms with Gasteiger partial charge in [0, 0.05) is 19.1 Å². The monoisotopic (exact) mass is 212 g/mol. The number of carbonyl (C=O) groups is 2. The van der Waals surface area contributed by atoms with Gasteiger partial charge < -0.3 is 15.0 Å². The zero-order valence-corrected chi connectivity index (χ0v) is 8.86. The van der Waals surface area contributed by atoms with Gasteiger partial charge in [-0.3, -0.25) is 4.79 Å². The molecule has 5 nitrogen and oxygen atoms in total. The van der Waals surface area contributed by atoms with E-state index in [2.05, 4.69) is 11.9 Å². The molecule has 1 saturated heterocycles. The maximum absolute atomic E-state index is 11.3. The Kier molecular flexibility index (Phi) is 4.15. The van der Waals surface area contributed by atoms with Gasteiger partial charge in [-0.25, -0.2) is 4.79 Å². The Morgan fingerprint density at radius 2 is 2.40 bits per heavy atom. The average Bonchev–Trinajstić information content (AvgIpc) is 2.66. The first kappa shape index (κ1) is 11.6. The first-order chi connectivity index (χ1) is 7.17. The molecule has 1 rings (SSSR count). The van der Waals surface area contributed by atoms with Gasteiger partial charge in [0.25, 0.3) is 0 Å². The van der Waals surface area contributed by atoms with Gasteiger partial charge in [0.05, 0.1) is 6.61 Å². The molecule has 1 N–H and O–H groups in total. The van der Waals surface area contributed by atoms with Gasteiger partial charge in [-0.15, -0.1) is 0 Å². The third kappa shape index (κ3) is 3.27. The summed E-state index contributed by atoms with van der Waals surface area (Å²) in [6.07, 6.45) is 1.68. The van der Waals surface area contributed by atoms with Crippen LogP contribution in [0.2, 0.25) is 0 Å². The van der Waals surface area contributed by atoms with E-state index in [0.717, 1.165) is 6.42 Å². The standard InChI is InChI=1S/C10H16N2O3/c1-3-9(13)11-8-5-6-12(7-8)10(14)15-4-2/h3,8H,1,4-7H2,2H3,(H,11,13). The Labute approximate surface area is 89.1 Å². The van der Waals surface area contributed by atoms with Crippen LogP contribution in [-0.2, 0) is 9.53 Å². The number of nitrogens with one attached hydrogen (secondary N) is 1. The van der Waals surface area contributed by atoms with Gasteiger partial charge in [0.2, 0.25) is 5.91 Å². The van der Waals surface area contributed by atoms with Crippen LogP contribution in [0.3, 0.4) is 0 Å². The van der Waals surface area contributed by atoms with E-state index < -0.39 is 0 Å². The summed E-state index contributed by atoms with van der Waals surface area (Å²) in [5.41, 5.74) is 0. The molecule has 15 heavy (non-hydrogen) atoms. The molecule has 0 aromatic rings. The molecule has 2 amide bonds. The van der Waals surface area contributed by atoms with Crippen molar-refractivity contribution in [3.8, 4) is 0 Å². The Morgan fingerprint density at radius 3 is 3.00 bits per heavy atom. The largest absolute Gasteiger partial charge is 0.450 e. The van der Waals surface area contributed by atoms with E-state index in [0.29, 0.717) is 19.7 Å². The van der Waals surface area contributed by atoms with Gasteiger partial charge in [0.15, 0.2) is 0 Å². The summed E-state index contributed by atoms with van der Waals surface area (Å²) in [5.74, 6) is -0.203. The van der Waals surface area contributed by atoms with Crippen LogP contribution in [0.5, 0.6) is 0 Å². The fourth-order valence-corrected chi connectivity index (χ4v) is 1.52. The van der Waals surface area contributed by atoms with Crippen LogP contribution in [0.25, 0.3) is 0 Å². The highest BCUT2D eigenvalue weighted by Crippen LogP contribution is 2.10. The Hall–Kier alpha value is -1.52. The maximum atomic E-state index is 11.3. The molecule has 0 bridgehead atoms. The first-order valence-corrected chi connectivity index (χ1v) is 5.02. The summed E-state index contributed by atoms with van der Waals surface area (Å²) in [6.45, 7) is 6.65. The van der Waals surface area contributed by atoms with Crippen molar-refractivity contribution in [2.24, 2.45) is 0 Å². The number of hydrogen-bond acceptors (Lipinski definition) is 3. The zero-order chi connectivity index (χ0) is 11.3. The smallest absolute Gasteiger partial charge is 0.409 e. The summed E-state index contributed by atoms with van der Waals surface area (Å²) >= 11 is 0. The Morgan fingerprint density at radius 1 is 1.67 bits per heavy atom. The van der Waals surface area contributed by atoms with Crippen molar-refractivity contribution in [2.75, 3.05) is 19.7 Å². The maximum Gasteiger partial charge on any atom is 0.409 e. The molecule has 0 aromatic heterocycles. The molecule has 1 aliphatic rings. The number of hydrogen-bond donors (Lipinski definition) is 1. The minimum Gasteiger partial charge on any atom is -0.450 e. The van der Waals surface area contributed by atoms with E-state index in [1.165, 1.54) is 6.08 Å². The number of carbonyl (C=O) groups excluding carboxylic acids is 2. The topological polar surface area (TPSA) is 58.6 Å². The second kappa shape index (κ2) is 5.38. The van der Waals surface area contributed by atoms with Crippen molar-refractivity contribution in [3.05, 3.63) is 12.7 Å². The summed E-state index contributed by atoms with van der Waals surface area (Å²) in [7, 11) is 0. The van der Waals surface area contributed by atoms with Crippen molar-refractivity contribution in [3.63, 3.8) is 0 Å². The van der Waals surface area contributed by atoms with E-state index in [9.17, 15) is 9.59 Å². The molecular weight excluding hydrogens is 196 g/mol. The van der Waals surface area contributed by atoms with Crippen LogP contribution in [-0.4, -0.2) is 42.6 Å². The van der Waals surface area contributed by atoms with Crippen molar-refractivity contribution in [1.82, 2.24) is 10.2 Å². The van der Waals surface area contributed by atoms with Crippen LogP contribution in [0.15, 0.2) is 12.7 Å². The molecule has 1 atom stereocenters. The highest BCUT2D eigenvalue weighted by atomic mass is 16.6. The lowest BCUT2D eigenvalue weighted by Gasteiger charge is -2.15. The lowest BCUT2D eigenvalue weighted by molar-refractivity contribution is -0.117. The lowest BCUT2D eigenvalue weighted by Crippen LogP contribution is -2.37. The molecule has 1 aliphatic heterocycles. The van der Waals surface area contributed by atoms with E-state index in [-0.39, 0.29) is 18.0 Å². The van der Waals surface area contributed by atoms with Crippen LogP contribution in [0.1, 0.15) is 13.3 Å². The molecule has 1 fully saturated rings. The van der Waals surface area contributed by atoms with Gasteiger partial charge in [-0.05, 0) is 19.4 Å². The van der Waals surface area contributed by atoms with Crippen molar-refractivity contribution < 1.29 is 14.3 Å². The molecule has 1 heterocycles. The Balaban J connectivity index is 2.35. The van der Waals surface area contributed by atoms with Crippen LogP contribution in [0, 0.1) is 0 Å². The third-order valence-corrected chi connectivity index (χ3v) is 2.25. The van der Waals surface area contributed by atoms with Crippen molar-refractivity contribution in [1.29, 1.82) is 0 Å². The number of ether oxygens (including phenoxy) is 1. The quantitative estimate of drug-likeness (QED) is 0.694. The van der Waals surface area contributed by atoms with Crippen LogP contribution < -0.4 is 5.32 Å². The fourth-order valence-electron chi connectivity index (χ4n) is 1.52. The molecule has 0 aliphatic carbocycles. The summed E-state index contributed by atoms with van der Waals surface area (Å²) in [4.78, 5) is 23.9. The van der Waals surface area contributed by atoms with E-state index in [1.54, 1.807) is 11.8 Å². The number of rotatable bonds is 3. The predicted molar refractivity (Wildman–Crippen MR) is 55.3 cm³/mol. The minimum atomic E-state index is -0.312. The number of amides is 2. The second-order valence-corrected chi connectivity index (χ2v) is 3.34. The zero-order valence-electron chi connectivity index (χ0n) is 8.86. The van der Waals surface area contributed by atoms with Gasteiger partial charge >= 0.3 is 6.09 Å². The molecule has 0 radical (unpaired) electrons. The normalized spacial score (nSPS) is 19.8. The average molecular weight is 212 g/mol. The third-order valence-electron chi connectivity index (χ3n) is 2.25. The first-order valence-electron chi connectivity index (χ1n) is 5.02. The van der Waals surface area contributed by atoms with Crippen molar-refractivity contribution in [2.45, 2.75) is 19.4 Å². The van der Waals surface area contributed by atoms with E-state index in [1.807, 2.05) is 0 Å². The van der Waals surface area contributed by atoms with Gasteiger partial charge in [-0.2, -0.15) is 0 Å². The lowest BCUT2D eigenvalue weighted by atomic mass is 10.2. The molecule has 84 valence electrons. The van der Waals surface area contributed by atoms with E-state index in [4.69, 9.17) is 4.74 Å². The van der Waals surface area contributed by atoms with Crippen LogP contribution in [0.4, 0.5) is 4.79 Å². The molecular formula is C10H16N2O3. The molecule has 1 unspecified atom stereocenters. The van der Waals surface area contributed by atoms with E-state index >= 15 is 0 Å². The predicted octanol–water partition coefficient (Wildman–Crippen LogP) is 0.519. The fraction of sp³-hybridized carbons (Fsp3) is 0.600. The SMILES string of the molecule is C=CC(=O)NC1CCN(C(=O)OCC)C1. The van der Waals surface area contributed by atoms with Crippen molar-refractivity contribution >= 4 is 12.0 Å². The molecule has 0 spiro atoms. The van der Waals surface area contributed by atoms with Gasteiger partial charge in [-0.1, -0.05) is 6.58 Å². The van der Waals surface area contributed by atoms with Gasteiger partial charge in [0.1, 0.15) is 0 Å². The summed E-state index contributed by atoms with van der Waals surface area (Å²) in [5, 5.41) is 2.75. The molecule has 0 saturated carbocycles.